The van der Waals surface area contributed by atoms with Gasteiger partial charge in [0.15, 0.2) is 0 Å². The lowest BCUT2D eigenvalue weighted by Crippen LogP contribution is -2.22. The summed E-state index contributed by atoms with van der Waals surface area (Å²) < 4.78 is 0. The molecule has 0 bridgehead atoms. The van der Waals surface area contributed by atoms with Gasteiger partial charge in [-0.25, -0.2) is 4.98 Å². The smallest absolute Gasteiger partial charge is 0.0795 e. The molecule has 1 aromatic carbocycles. The van der Waals surface area contributed by atoms with Crippen LogP contribution in [0.3, 0.4) is 0 Å². The van der Waals surface area contributed by atoms with E-state index in [4.69, 9.17) is 0 Å². The minimum atomic E-state index is 0.219. The first kappa shape index (κ1) is 11.3. The molecule has 0 aliphatic carbocycles. The summed E-state index contributed by atoms with van der Waals surface area (Å²) in [4.78, 5) is 4.40. The second-order valence-electron chi connectivity index (χ2n) is 3.82. The van der Waals surface area contributed by atoms with E-state index in [1.165, 1.54) is 11.1 Å². The van der Waals surface area contributed by atoms with Crippen LogP contribution in [0.4, 0.5) is 0 Å². The van der Waals surface area contributed by atoms with Crippen molar-refractivity contribution in [3.8, 4) is 0 Å². The van der Waals surface area contributed by atoms with Crippen molar-refractivity contribution < 1.29 is 0 Å². The Bertz CT molecular complexity index is 437. The molecule has 84 valence electrons. The van der Waals surface area contributed by atoms with Crippen LogP contribution in [-0.4, -0.2) is 11.5 Å². The molecule has 0 amide bonds. The number of nitrogens with one attached hydrogen (secondary N) is 1. The van der Waals surface area contributed by atoms with Gasteiger partial charge in [-0.2, -0.15) is 0 Å². The molecule has 3 heteroatoms. The Morgan fingerprint density at radius 1 is 1.44 bits per heavy atom. The van der Waals surface area contributed by atoms with Gasteiger partial charge in [0, 0.05) is 5.38 Å². The molecule has 2 rings (SSSR count). The second-order valence-corrected chi connectivity index (χ2v) is 4.54. The summed E-state index contributed by atoms with van der Waals surface area (Å²) in [6, 6.07) is 8.80. The highest BCUT2D eigenvalue weighted by molar-refractivity contribution is 7.07. The first-order valence-corrected chi connectivity index (χ1v) is 6.43. The van der Waals surface area contributed by atoms with E-state index < -0.39 is 0 Å². The predicted octanol–water partition coefficient (Wildman–Crippen LogP) is 3.15. The third-order valence-electron chi connectivity index (χ3n) is 2.53. The molecule has 0 spiro atoms. The van der Waals surface area contributed by atoms with Crippen molar-refractivity contribution in [1.29, 1.82) is 0 Å². The zero-order chi connectivity index (χ0) is 11.4. The van der Waals surface area contributed by atoms with Gasteiger partial charge in [0.05, 0.1) is 17.2 Å². The van der Waals surface area contributed by atoms with Crippen molar-refractivity contribution in [3.05, 3.63) is 52.0 Å². The van der Waals surface area contributed by atoms with Crippen LogP contribution >= 0.6 is 11.3 Å². The van der Waals surface area contributed by atoms with Crippen LogP contribution in [0.25, 0.3) is 0 Å². The highest BCUT2D eigenvalue weighted by Gasteiger charge is 2.14. The SMILES string of the molecule is CCNC(c1cccc(C)c1)c1cscn1. The van der Waals surface area contributed by atoms with Crippen LogP contribution in [0.1, 0.15) is 29.8 Å². The molecule has 1 heterocycles. The molecule has 1 unspecified atom stereocenters. The number of benzene rings is 1. The first-order valence-electron chi connectivity index (χ1n) is 5.49. The van der Waals surface area contributed by atoms with Crippen molar-refractivity contribution in [2.75, 3.05) is 6.54 Å². The maximum Gasteiger partial charge on any atom is 0.0795 e. The van der Waals surface area contributed by atoms with E-state index in [2.05, 4.69) is 53.8 Å². The Balaban J connectivity index is 2.33. The number of rotatable bonds is 4. The van der Waals surface area contributed by atoms with Gasteiger partial charge < -0.3 is 5.32 Å². The van der Waals surface area contributed by atoms with E-state index in [0.717, 1.165) is 12.2 Å². The van der Waals surface area contributed by atoms with E-state index in [9.17, 15) is 0 Å². The van der Waals surface area contributed by atoms with Gasteiger partial charge in [-0.1, -0.05) is 36.8 Å². The van der Waals surface area contributed by atoms with Gasteiger partial charge in [-0.3, -0.25) is 0 Å². The molecule has 1 N–H and O–H groups in total. The maximum absolute atomic E-state index is 4.40. The highest BCUT2D eigenvalue weighted by atomic mass is 32.1. The summed E-state index contributed by atoms with van der Waals surface area (Å²) >= 11 is 1.64. The summed E-state index contributed by atoms with van der Waals surface area (Å²) in [5, 5.41) is 5.58. The lowest BCUT2D eigenvalue weighted by molar-refractivity contribution is 0.618. The fraction of sp³-hybridized carbons (Fsp3) is 0.308. The Labute approximate surface area is 100 Å². The van der Waals surface area contributed by atoms with Gasteiger partial charge in [-0.15, -0.1) is 11.3 Å². The third-order valence-corrected chi connectivity index (χ3v) is 3.14. The van der Waals surface area contributed by atoms with E-state index >= 15 is 0 Å². The van der Waals surface area contributed by atoms with Crippen molar-refractivity contribution >= 4 is 11.3 Å². The first-order chi connectivity index (χ1) is 7.81. The molecular formula is C13H16N2S. The topological polar surface area (TPSA) is 24.9 Å². The van der Waals surface area contributed by atoms with Crippen LogP contribution in [0, 0.1) is 6.92 Å². The molecule has 16 heavy (non-hydrogen) atoms. The highest BCUT2D eigenvalue weighted by Crippen LogP contribution is 2.22. The number of aromatic nitrogens is 1. The van der Waals surface area contributed by atoms with Gasteiger partial charge in [0.1, 0.15) is 0 Å². The number of nitrogens with zero attached hydrogens (tertiary/aromatic N) is 1. The van der Waals surface area contributed by atoms with Gasteiger partial charge in [-0.05, 0) is 19.0 Å². The fourth-order valence-electron chi connectivity index (χ4n) is 1.81. The van der Waals surface area contributed by atoms with Gasteiger partial charge >= 0.3 is 0 Å². The minimum absolute atomic E-state index is 0.219. The Morgan fingerprint density at radius 3 is 2.94 bits per heavy atom. The summed E-state index contributed by atoms with van der Waals surface area (Å²) in [5.41, 5.74) is 5.57. The van der Waals surface area contributed by atoms with Gasteiger partial charge in [0.2, 0.25) is 0 Å². The van der Waals surface area contributed by atoms with Gasteiger partial charge in [0.25, 0.3) is 0 Å². The number of aryl methyl sites for hydroxylation is 1. The van der Waals surface area contributed by atoms with Crippen LogP contribution < -0.4 is 5.32 Å². The molecule has 0 aliphatic rings. The average Bonchev–Trinajstić information content (AvgIpc) is 2.79. The van der Waals surface area contributed by atoms with Crippen molar-refractivity contribution in [2.45, 2.75) is 19.9 Å². The van der Waals surface area contributed by atoms with Crippen LogP contribution in [-0.2, 0) is 0 Å². The largest absolute Gasteiger partial charge is 0.305 e. The van der Waals surface area contributed by atoms with E-state index in [0.29, 0.717) is 0 Å². The minimum Gasteiger partial charge on any atom is -0.305 e. The molecule has 0 saturated heterocycles. The number of hydrogen-bond donors (Lipinski definition) is 1. The van der Waals surface area contributed by atoms with Crippen molar-refractivity contribution in [1.82, 2.24) is 10.3 Å². The molecular weight excluding hydrogens is 216 g/mol. The summed E-state index contributed by atoms with van der Waals surface area (Å²) in [6.07, 6.45) is 0. The maximum atomic E-state index is 4.40. The summed E-state index contributed by atoms with van der Waals surface area (Å²) in [6.45, 7) is 5.18. The molecule has 0 saturated carbocycles. The molecule has 1 aromatic heterocycles. The quantitative estimate of drug-likeness (QED) is 0.876. The normalized spacial score (nSPS) is 12.6. The summed E-state index contributed by atoms with van der Waals surface area (Å²) in [7, 11) is 0. The fourth-order valence-corrected chi connectivity index (χ4v) is 2.39. The standard InChI is InChI=1S/C13H16N2S/c1-3-14-13(12-8-16-9-15-12)11-6-4-5-10(2)7-11/h4-9,13-14H,3H2,1-2H3. The molecule has 1 atom stereocenters. The van der Waals surface area contributed by atoms with Crippen LogP contribution in [0.15, 0.2) is 35.2 Å². The monoisotopic (exact) mass is 232 g/mol. The average molecular weight is 232 g/mol. The number of thiazole rings is 1. The molecule has 2 aromatic rings. The van der Waals surface area contributed by atoms with Crippen LogP contribution in [0.5, 0.6) is 0 Å². The lowest BCUT2D eigenvalue weighted by atomic mass is 10.0. The molecule has 0 aliphatic heterocycles. The van der Waals surface area contributed by atoms with E-state index in [1.807, 2.05) is 5.51 Å². The molecule has 2 nitrogen and oxygen atoms in total. The Morgan fingerprint density at radius 2 is 2.31 bits per heavy atom. The molecule has 0 fully saturated rings. The van der Waals surface area contributed by atoms with Crippen molar-refractivity contribution in [3.63, 3.8) is 0 Å². The Kier molecular flexibility index (Phi) is 3.70. The summed E-state index contributed by atoms with van der Waals surface area (Å²) in [5.74, 6) is 0. The zero-order valence-corrected chi connectivity index (χ0v) is 10.4. The lowest BCUT2D eigenvalue weighted by Gasteiger charge is -2.16. The third kappa shape index (κ3) is 2.49. The molecule has 0 radical (unpaired) electrons. The van der Waals surface area contributed by atoms with E-state index in [-0.39, 0.29) is 6.04 Å². The predicted molar refractivity (Wildman–Crippen MR) is 68.8 cm³/mol. The van der Waals surface area contributed by atoms with Crippen LogP contribution in [0.2, 0.25) is 0 Å². The Hall–Kier alpha value is -1.19. The second kappa shape index (κ2) is 5.23. The zero-order valence-electron chi connectivity index (χ0n) is 9.60. The number of hydrogen-bond acceptors (Lipinski definition) is 3. The van der Waals surface area contributed by atoms with Crippen molar-refractivity contribution in [2.24, 2.45) is 0 Å². The van der Waals surface area contributed by atoms with E-state index in [1.54, 1.807) is 11.3 Å².